The van der Waals surface area contributed by atoms with Gasteiger partial charge in [-0.05, 0) is 29.7 Å². The van der Waals surface area contributed by atoms with Gasteiger partial charge in [0.05, 0.1) is 42.2 Å². The van der Waals surface area contributed by atoms with E-state index >= 15 is 0 Å². The zero-order chi connectivity index (χ0) is 21.3. The van der Waals surface area contributed by atoms with Crippen LogP contribution in [0.3, 0.4) is 0 Å². The Morgan fingerprint density at radius 3 is 2.77 bits per heavy atom. The van der Waals surface area contributed by atoms with E-state index in [1.54, 1.807) is 30.3 Å². The smallest absolute Gasteiger partial charge is 0.301 e. The number of hydrogen-bond donors (Lipinski definition) is 1. The standard InChI is InChI=1S/C20H20ClN3O5S/c1-24(11-16-12-28-6-7-29-16)30(26,27)23-15-4-2-13-3-5-19-18(8-14(21)10-22-19)20(25)17(13)9-15/h2-5,8-10,16,23H,6-7,11-12H2,1H3/t16-/m1/s1. The van der Waals surface area contributed by atoms with Crippen LogP contribution in [0.15, 0.2) is 47.4 Å². The van der Waals surface area contributed by atoms with Crippen molar-refractivity contribution in [1.29, 1.82) is 0 Å². The van der Waals surface area contributed by atoms with Gasteiger partial charge < -0.3 is 9.47 Å². The average Bonchev–Trinajstić information content (AvgIpc) is 2.85. The lowest BCUT2D eigenvalue weighted by molar-refractivity contribution is -0.0908. The highest BCUT2D eigenvalue weighted by Crippen LogP contribution is 2.21. The van der Waals surface area contributed by atoms with Crippen LogP contribution < -0.4 is 10.2 Å². The molecule has 30 heavy (non-hydrogen) atoms. The molecule has 1 N–H and O–H groups in total. The number of ether oxygens (including phenoxy) is 2. The summed E-state index contributed by atoms with van der Waals surface area (Å²) in [5.41, 5.74) is 0.515. The lowest BCUT2D eigenvalue weighted by Gasteiger charge is -2.27. The van der Waals surface area contributed by atoms with Crippen LogP contribution in [0.2, 0.25) is 5.02 Å². The van der Waals surface area contributed by atoms with Gasteiger partial charge in [-0.1, -0.05) is 23.7 Å². The Hall–Kier alpha value is -2.30. The number of benzene rings is 1. The molecule has 2 heterocycles. The van der Waals surface area contributed by atoms with Crippen LogP contribution in [0, 0.1) is 0 Å². The number of fused-ring (bicyclic) bond motifs is 2. The quantitative estimate of drug-likeness (QED) is 0.642. The largest absolute Gasteiger partial charge is 0.376 e. The van der Waals surface area contributed by atoms with Gasteiger partial charge in [0.25, 0.3) is 0 Å². The molecule has 3 aromatic rings. The van der Waals surface area contributed by atoms with Gasteiger partial charge in [-0.25, -0.2) is 0 Å². The Morgan fingerprint density at radius 2 is 2.00 bits per heavy atom. The van der Waals surface area contributed by atoms with Crippen molar-refractivity contribution in [3.63, 3.8) is 0 Å². The van der Waals surface area contributed by atoms with Gasteiger partial charge in [-0.3, -0.25) is 14.5 Å². The van der Waals surface area contributed by atoms with Crippen LogP contribution in [0.25, 0.3) is 21.7 Å². The highest BCUT2D eigenvalue weighted by molar-refractivity contribution is 7.90. The SMILES string of the molecule is CN(C[C@@H]1COCCO1)S(=O)(=O)Nc1ccc2ccc3ncc(Cl)cc3c(=O)c2c1. The maximum atomic E-state index is 13.0. The van der Waals surface area contributed by atoms with Crippen molar-refractivity contribution in [2.75, 3.05) is 38.1 Å². The van der Waals surface area contributed by atoms with E-state index in [4.69, 9.17) is 21.1 Å². The molecule has 1 saturated heterocycles. The van der Waals surface area contributed by atoms with Crippen molar-refractivity contribution >= 4 is 49.2 Å². The molecule has 8 nitrogen and oxygen atoms in total. The molecular weight excluding hydrogens is 430 g/mol. The molecule has 0 aliphatic carbocycles. The molecule has 4 rings (SSSR count). The van der Waals surface area contributed by atoms with E-state index in [1.807, 2.05) is 0 Å². The van der Waals surface area contributed by atoms with Gasteiger partial charge in [0.1, 0.15) is 0 Å². The van der Waals surface area contributed by atoms with Crippen LogP contribution in [-0.2, 0) is 19.7 Å². The second-order valence-electron chi connectivity index (χ2n) is 7.01. The second kappa shape index (κ2) is 8.44. The molecule has 10 heteroatoms. The maximum absolute atomic E-state index is 13.0. The Morgan fingerprint density at radius 1 is 1.20 bits per heavy atom. The Balaban J connectivity index is 1.66. The van der Waals surface area contributed by atoms with Crippen molar-refractivity contribution in [1.82, 2.24) is 9.29 Å². The predicted molar refractivity (Wildman–Crippen MR) is 116 cm³/mol. The first kappa shape index (κ1) is 21.0. The first-order valence-electron chi connectivity index (χ1n) is 9.29. The van der Waals surface area contributed by atoms with Gasteiger partial charge in [0, 0.05) is 30.6 Å². The van der Waals surface area contributed by atoms with Gasteiger partial charge in [0.15, 0.2) is 5.43 Å². The van der Waals surface area contributed by atoms with Crippen LogP contribution in [0.5, 0.6) is 0 Å². The zero-order valence-electron chi connectivity index (χ0n) is 16.2. The third-order valence-corrected chi connectivity index (χ3v) is 6.52. The highest BCUT2D eigenvalue weighted by atomic mass is 35.5. The van der Waals surface area contributed by atoms with Crippen molar-refractivity contribution in [2.45, 2.75) is 6.10 Å². The first-order valence-corrected chi connectivity index (χ1v) is 11.1. The number of halogens is 1. The summed E-state index contributed by atoms with van der Waals surface area (Å²) < 4.78 is 40.0. The second-order valence-corrected chi connectivity index (χ2v) is 9.22. The molecule has 0 spiro atoms. The summed E-state index contributed by atoms with van der Waals surface area (Å²) >= 11 is 6.00. The van der Waals surface area contributed by atoms with Crippen molar-refractivity contribution in [3.05, 3.63) is 57.8 Å². The van der Waals surface area contributed by atoms with E-state index in [1.165, 1.54) is 23.6 Å². The van der Waals surface area contributed by atoms with Gasteiger partial charge in [0.2, 0.25) is 0 Å². The Labute approximate surface area is 178 Å². The van der Waals surface area contributed by atoms with Gasteiger partial charge in [-0.15, -0.1) is 0 Å². The summed E-state index contributed by atoms with van der Waals surface area (Å²) in [7, 11) is -2.39. The number of nitrogens with zero attached hydrogens (tertiary/aromatic N) is 2. The molecule has 1 fully saturated rings. The predicted octanol–water partition coefficient (Wildman–Crippen LogP) is 2.41. The molecule has 2 aromatic carbocycles. The lowest BCUT2D eigenvalue weighted by Crippen LogP contribution is -2.42. The molecule has 0 amide bonds. The third kappa shape index (κ3) is 4.40. The monoisotopic (exact) mass is 449 g/mol. The van der Waals surface area contributed by atoms with Gasteiger partial charge in [-0.2, -0.15) is 12.7 Å². The average molecular weight is 450 g/mol. The minimum Gasteiger partial charge on any atom is -0.376 e. The van der Waals surface area contributed by atoms with E-state index in [0.717, 1.165) is 0 Å². The number of nitrogens with one attached hydrogen (secondary N) is 1. The summed E-state index contributed by atoms with van der Waals surface area (Å²) in [6.07, 6.45) is 1.15. The van der Waals surface area contributed by atoms with E-state index in [9.17, 15) is 13.2 Å². The normalized spacial score (nSPS) is 17.5. The fourth-order valence-corrected chi connectivity index (χ4v) is 4.39. The Kier molecular flexibility index (Phi) is 5.90. The molecule has 0 radical (unpaired) electrons. The Bertz CT molecular complexity index is 1260. The number of anilines is 1. The number of hydrogen-bond acceptors (Lipinski definition) is 6. The molecule has 0 unspecified atom stereocenters. The molecule has 1 aromatic heterocycles. The molecule has 0 saturated carbocycles. The number of pyridine rings is 1. The fourth-order valence-electron chi connectivity index (χ4n) is 3.29. The molecule has 1 aliphatic heterocycles. The van der Waals surface area contributed by atoms with Crippen LogP contribution in [0.4, 0.5) is 5.69 Å². The van der Waals surface area contributed by atoms with E-state index in [-0.39, 0.29) is 23.8 Å². The summed E-state index contributed by atoms with van der Waals surface area (Å²) in [4.78, 5) is 17.2. The van der Waals surface area contributed by atoms with Crippen molar-refractivity contribution in [3.8, 4) is 0 Å². The summed E-state index contributed by atoms with van der Waals surface area (Å²) in [6.45, 7) is 1.44. The summed E-state index contributed by atoms with van der Waals surface area (Å²) in [5.74, 6) is 0. The molecular formula is C20H20ClN3O5S. The topological polar surface area (TPSA) is 97.8 Å². The summed E-state index contributed by atoms with van der Waals surface area (Å²) in [5, 5.41) is 1.74. The fraction of sp³-hybridized carbons (Fsp3) is 0.300. The lowest BCUT2D eigenvalue weighted by atomic mass is 10.1. The first-order chi connectivity index (χ1) is 14.3. The number of likely N-dealkylation sites (N-methyl/N-ethyl adjacent to an activating group) is 1. The third-order valence-electron chi connectivity index (χ3n) is 4.85. The molecule has 1 atom stereocenters. The summed E-state index contributed by atoms with van der Waals surface area (Å²) in [6, 6.07) is 9.88. The minimum absolute atomic E-state index is 0.152. The van der Waals surface area contributed by atoms with E-state index in [2.05, 4.69) is 9.71 Å². The van der Waals surface area contributed by atoms with Crippen molar-refractivity contribution < 1.29 is 17.9 Å². The van der Waals surface area contributed by atoms with Crippen LogP contribution in [0.1, 0.15) is 0 Å². The van der Waals surface area contributed by atoms with Gasteiger partial charge >= 0.3 is 10.2 Å². The number of aromatic nitrogens is 1. The van der Waals surface area contributed by atoms with E-state index < -0.39 is 10.2 Å². The highest BCUT2D eigenvalue weighted by Gasteiger charge is 2.24. The molecule has 1 aliphatic rings. The minimum atomic E-state index is -3.85. The number of rotatable bonds is 5. The van der Waals surface area contributed by atoms with Crippen LogP contribution in [-0.4, -0.2) is 57.2 Å². The van der Waals surface area contributed by atoms with E-state index in [0.29, 0.717) is 46.5 Å². The van der Waals surface area contributed by atoms with Crippen LogP contribution >= 0.6 is 11.6 Å². The molecule has 158 valence electrons. The maximum Gasteiger partial charge on any atom is 0.301 e. The molecule has 0 bridgehead atoms. The zero-order valence-corrected chi connectivity index (χ0v) is 17.7. The van der Waals surface area contributed by atoms with Crippen molar-refractivity contribution in [2.24, 2.45) is 0 Å².